The van der Waals surface area contributed by atoms with Crippen LogP contribution in [-0.4, -0.2) is 47.4 Å². The van der Waals surface area contributed by atoms with Crippen molar-refractivity contribution in [2.45, 2.75) is 75.5 Å². The third-order valence-corrected chi connectivity index (χ3v) is 5.32. The Kier molecular flexibility index (Phi) is 3.92. The van der Waals surface area contributed by atoms with E-state index >= 15 is 0 Å². The SMILES string of the molecule is OCCCN(C1CCC1)C1CCOC2(CCC2)C1. The zero-order chi connectivity index (χ0) is 12.4. The summed E-state index contributed by atoms with van der Waals surface area (Å²) in [6.07, 6.45) is 11.4. The first-order valence-electron chi connectivity index (χ1n) is 7.84. The molecule has 3 nitrogen and oxygen atoms in total. The molecule has 1 N–H and O–H groups in total. The van der Waals surface area contributed by atoms with Crippen LogP contribution in [0.2, 0.25) is 0 Å². The predicted molar refractivity (Wildman–Crippen MR) is 71.6 cm³/mol. The molecule has 0 aromatic heterocycles. The third kappa shape index (κ3) is 2.45. The molecule has 1 atom stereocenters. The van der Waals surface area contributed by atoms with Crippen molar-refractivity contribution in [1.82, 2.24) is 4.90 Å². The van der Waals surface area contributed by atoms with Crippen LogP contribution in [0, 0.1) is 0 Å². The number of hydrogen-bond donors (Lipinski definition) is 1. The van der Waals surface area contributed by atoms with Crippen molar-refractivity contribution in [2.75, 3.05) is 19.8 Å². The van der Waals surface area contributed by atoms with Gasteiger partial charge in [0.1, 0.15) is 0 Å². The van der Waals surface area contributed by atoms with Crippen LogP contribution in [0.25, 0.3) is 0 Å². The van der Waals surface area contributed by atoms with E-state index < -0.39 is 0 Å². The molecular formula is C15H27NO2. The predicted octanol–water partition coefficient (Wildman–Crippen LogP) is 2.33. The van der Waals surface area contributed by atoms with E-state index in [4.69, 9.17) is 9.84 Å². The molecule has 1 unspecified atom stereocenters. The molecule has 0 bridgehead atoms. The molecule has 104 valence electrons. The summed E-state index contributed by atoms with van der Waals surface area (Å²) < 4.78 is 6.04. The number of rotatable bonds is 5. The van der Waals surface area contributed by atoms with Gasteiger partial charge in [-0.25, -0.2) is 0 Å². The van der Waals surface area contributed by atoms with E-state index in [2.05, 4.69) is 4.90 Å². The van der Waals surface area contributed by atoms with Crippen molar-refractivity contribution in [3.8, 4) is 0 Å². The molecule has 0 amide bonds. The van der Waals surface area contributed by atoms with Crippen molar-refractivity contribution < 1.29 is 9.84 Å². The monoisotopic (exact) mass is 253 g/mol. The maximum Gasteiger partial charge on any atom is 0.0697 e. The zero-order valence-electron chi connectivity index (χ0n) is 11.4. The Hall–Kier alpha value is -0.120. The molecule has 0 aromatic rings. The van der Waals surface area contributed by atoms with Crippen molar-refractivity contribution in [1.29, 1.82) is 0 Å². The van der Waals surface area contributed by atoms with Crippen molar-refractivity contribution >= 4 is 0 Å². The first-order chi connectivity index (χ1) is 8.83. The van der Waals surface area contributed by atoms with Gasteiger partial charge >= 0.3 is 0 Å². The van der Waals surface area contributed by atoms with Crippen LogP contribution in [0.5, 0.6) is 0 Å². The molecule has 3 heteroatoms. The largest absolute Gasteiger partial charge is 0.396 e. The lowest BCUT2D eigenvalue weighted by Gasteiger charge is -2.52. The Balaban J connectivity index is 1.61. The molecular weight excluding hydrogens is 226 g/mol. The van der Waals surface area contributed by atoms with Gasteiger partial charge in [-0.3, -0.25) is 4.90 Å². The van der Waals surface area contributed by atoms with E-state index in [-0.39, 0.29) is 5.60 Å². The summed E-state index contributed by atoms with van der Waals surface area (Å²) >= 11 is 0. The maximum absolute atomic E-state index is 9.09. The summed E-state index contributed by atoms with van der Waals surface area (Å²) in [5, 5.41) is 9.09. The summed E-state index contributed by atoms with van der Waals surface area (Å²) in [5.74, 6) is 0. The Labute approximate surface area is 110 Å². The second kappa shape index (κ2) is 5.48. The molecule has 1 aliphatic heterocycles. The minimum Gasteiger partial charge on any atom is -0.396 e. The highest BCUT2D eigenvalue weighted by Crippen LogP contribution is 2.44. The van der Waals surface area contributed by atoms with Gasteiger partial charge in [-0.1, -0.05) is 6.42 Å². The Bertz CT molecular complexity index is 274. The summed E-state index contributed by atoms with van der Waals surface area (Å²) in [6.45, 7) is 2.37. The van der Waals surface area contributed by atoms with Gasteiger partial charge in [0, 0.05) is 31.8 Å². The first kappa shape index (κ1) is 12.9. The zero-order valence-corrected chi connectivity index (χ0v) is 11.4. The molecule has 0 aromatic carbocycles. The van der Waals surface area contributed by atoms with Crippen LogP contribution >= 0.6 is 0 Å². The lowest BCUT2D eigenvalue weighted by Crippen LogP contribution is -2.55. The number of nitrogens with zero attached hydrogens (tertiary/aromatic N) is 1. The standard InChI is InChI=1S/C15H27NO2/c17-10-3-9-16(13-4-1-5-13)14-6-11-18-15(12-14)7-2-8-15/h13-14,17H,1-12H2. The number of aliphatic hydroxyl groups excluding tert-OH is 1. The van der Waals surface area contributed by atoms with Gasteiger partial charge in [0.05, 0.1) is 5.60 Å². The average Bonchev–Trinajstić information content (AvgIpc) is 2.30. The van der Waals surface area contributed by atoms with Crippen LogP contribution in [0.4, 0.5) is 0 Å². The van der Waals surface area contributed by atoms with Crippen molar-refractivity contribution in [3.63, 3.8) is 0 Å². The summed E-state index contributed by atoms with van der Waals surface area (Å²) in [4.78, 5) is 2.71. The lowest BCUT2D eigenvalue weighted by molar-refractivity contribution is -0.154. The lowest BCUT2D eigenvalue weighted by atomic mass is 9.73. The van der Waals surface area contributed by atoms with E-state index in [1.54, 1.807) is 0 Å². The fourth-order valence-corrected chi connectivity index (χ4v) is 3.84. The molecule has 18 heavy (non-hydrogen) atoms. The van der Waals surface area contributed by atoms with Crippen LogP contribution in [0.1, 0.15) is 57.8 Å². The van der Waals surface area contributed by atoms with Gasteiger partial charge in [-0.2, -0.15) is 0 Å². The Morgan fingerprint density at radius 1 is 1.11 bits per heavy atom. The van der Waals surface area contributed by atoms with Crippen molar-refractivity contribution in [2.24, 2.45) is 0 Å². The number of aliphatic hydroxyl groups is 1. The van der Waals surface area contributed by atoms with Gasteiger partial charge in [-0.15, -0.1) is 0 Å². The van der Waals surface area contributed by atoms with E-state index in [1.165, 1.54) is 51.4 Å². The van der Waals surface area contributed by atoms with E-state index in [9.17, 15) is 0 Å². The summed E-state index contributed by atoms with van der Waals surface area (Å²) in [5.41, 5.74) is 0.254. The highest BCUT2D eigenvalue weighted by molar-refractivity contribution is 4.98. The molecule has 1 spiro atoms. The fourth-order valence-electron chi connectivity index (χ4n) is 3.84. The highest BCUT2D eigenvalue weighted by Gasteiger charge is 2.45. The smallest absolute Gasteiger partial charge is 0.0697 e. The van der Waals surface area contributed by atoms with E-state index in [0.717, 1.165) is 31.7 Å². The maximum atomic E-state index is 9.09. The Morgan fingerprint density at radius 2 is 1.94 bits per heavy atom. The fraction of sp³-hybridized carbons (Fsp3) is 1.00. The van der Waals surface area contributed by atoms with E-state index in [0.29, 0.717) is 6.61 Å². The minimum atomic E-state index is 0.254. The first-order valence-corrected chi connectivity index (χ1v) is 7.84. The van der Waals surface area contributed by atoms with Crippen LogP contribution in [-0.2, 0) is 4.74 Å². The van der Waals surface area contributed by atoms with Crippen LogP contribution in [0.15, 0.2) is 0 Å². The third-order valence-electron chi connectivity index (χ3n) is 5.32. The molecule has 1 saturated heterocycles. The molecule has 2 aliphatic carbocycles. The second-order valence-electron chi connectivity index (χ2n) is 6.43. The second-order valence-corrected chi connectivity index (χ2v) is 6.43. The average molecular weight is 253 g/mol. The van der Waals surface area contributed by atoms with Gasteiger partial charge in [-0.05, 0) is 51.4 Å². The molecule has 3 aliphatic rings. The summed E-state index contributed by atoms with van der Waals surface area (Å²) in [7, 11) is 0. The molecule has 3 rings (SSSR count). The van der Waals surface area contributed by atoms with E-state index in [1.807, 2.05) is 0 Å². The normalized spacial score (nSPS) is 31.3. The number of hydrogen-bond acceptors (Lipinski definition) is 3. The number of ether oxygens (including phenoxy) is 1. The van der Waals surface area contributed by atoms with Gasteiger partial charge in [0.2, 0.25) is 0 Å². The molecule has 2 saturated carbocycles. The van der Waals surface area contributed by atoms with Gasteiger partial charge < -0.3 is 9.84 Å². The summed E-state index contributed by atoms with van der Waals surface area (Å²) in [6, 6.07) is 1.52. The molecule has 1 heterocycles. The van der Waals surface area contributed by atoms with Crippen LogP contribution < -0.4 is 0 Å². The van der Waals surface area contributed by atoms with Gasteiger partial charge in [0.15, 0.2) is 0 Å². The topological polar surface area (TPSA) is 32.7 Å². The quantitative estimate of drug-likeness (QED) is 0.816. The molecule has 3 fully saturated rings. The minimum absolute atomic E-state index is 0.254. The molecule has 0 radical (unpaired) electrons. The van der Waals surface area contributed by atoms with Crippen LogP contribution in [0.3, 0.4) is 0 Å². The highest BCUT2D eigenvalue weighted by atomic mass is 16.5. The van der Waals surface area contributed by atoms with Gasteiger partial charge in [0.25, 0.3) is 0 Å². The van der Waals surface area contributed by atoms with Crippen molar-refractivity contribution in [3.05, 3.63) is 0 Å². The Morgan fingerprint density at radius 3 is 2.50 bits per heavy atom.